The van der Waals surface area contributed by atoms with Crippen LogP contribution in [0.3, 0.4) is 0 Å². The van der Waals surface area contributed by atoms with Crippen LogP contribution in [0.15, 0.2) is 36.7 Å². The molecule has 3 rings (SSSR count). The number of halogens is 2. The molecule has 0 spiro atoms. The summed E-state index contributed by atoms with van der Waals surface area (Å²) < 4.78 is 28.8. The second-order valence-corrected chi connectivity index (χ2v) is 7.46. The van der Waals surface area contributed by atoms with Gasteiger partial charge < -0.3 is 4.74 Å². The molecule has 0 N–H and O–H groups in total. The molecule has 27 heavy (non-hydrogen) atoms. The zero-order chi connectivity index (χ0) is 19.1. The first kappa shape index (κ1) is 19.7. The van der Waals surface area contributed by atoms with Crippen molar-refractivity contribution < 1.29 is 13.5 Å². The van der Waals surface area contributed by atoms with Crippen molar-refractivity contribution in [3.63, 3.8) is 0 Å². The number of nitrogens with zero attached hydrogens (tertiary/aromatic N) is 2. The van der Waals surface area contributed by atoms with E-state index < -0.39 is 6.61 Å². The summed E-state index contributed by atoms with van der Waals surface area (Å²) in [6.45, 7) is -0.556. The van der Waals surface area contributed by atoms with Crippen molar-refractivity contribution in [2.75, 3.05) is 0 Å². The fourth-order valence-corrected chi connectivity index (χ4v) is 3.95. The molecule has 1 aliphatic rings. The van der Waals surface area contributed by atoms with Crippen LogP contribution in [0, 0.1) is 5.92 Å². The smallest absolute Gasteiger partial charge is 0.387 e. The Kier molecular flexibility index (Phi) is 7.13. The fourth-order valence-electron chi connectivity index (χ4n) is 3.95. The molecule has 3 nitrogen and oxygen atoms in total. The van der Waals surface area contributed by atoms with Crippen LogP contribution in [0.5, 0.6) is 5.75 Å². The van der Waals surface area contributed by atoms with Crippen molar-refractivity contribution in [3.05, 3.63) is 42.2 Å². The van der Waals surface area contributed by atoms with Gasteiger partial charge >= 0.3 is 6.61 Å². The van der Waals surface area contributed by atoms with Crippen LogP contribution in [0.4, 0.5) is 8.78 Å². The average molecular weight is 374 g/mol. The number of rotatable bonds is 8. The third-order valence-electron chi connectivity index (χ3n) is 5.54. The monoisotopic (exact) mass is 374 g/mol. The summed E-state index contributed by atoms with van der Waals surface area (Å²) in [5.74, 6) is 2.20. The minimum Gasteiger partial charge on any atom is -0.435 e. The molecule has 1 saturated carbocycles. The summed E-state index contributed by atoms with van der Waals surface area (Å²) in [6.07, 6.45) is 14.3. The molecule has 1 aromatic carbocycles. The maximum absolute atomic E-state index is 12.2. The standard InChI is InChI=1S/C22H28F2N2O/c1-2-3-4-5-16-6-8-17(9-7-16)19-14-25-21(26-15-19)18-10-12-20(13-11-18)27-22(23)24/h10-17,22H,2-9H2,1H3. The van der Waals surface area contributed by atoms with Gasteiger partial charge in [0.2, 0.25) is 0 Å². The summed E-state index contributed by atoms with van der Waals surface area (Å²) in [5, 5.41) is 0. The van der Waals surface area contributed by atoms with Crippen LogP contribution in [-0.4, -0.2) is 16.6 Å². The molecular weight excluding hydrogens is 346 g/mol. The van der Waals surface area contributed by atoms with E-state index in [4.69, 9.17) is 0 Å². The molecule has 0 aliphatic heterocycles. The predicted octanol–water partition coefficient (Wildman–Crippen LogP) is 6.60. The van der Waals surface area contributed by atoms with Gasteiger partial charge in [-0.1, -0.05) is 32.6 Å². The predicted molar refractivity (Wildman–Crippen MR) is 103 cm³/mol. The third-order valence-corrected chi connectivity index (χ3v) is 5.54. The molecule has 0 atom stereocenters. The highest BCUT2D eigenvalue weighted by atomic mass is 19.3. The summed E-state index contributed by atoms with van der Waals surface area (Å²) in [5.41, 5.74) is 2.01. The van der Waals surface area contributed by atoms with Gasteiger partial charge in [-0.3, -0.25) is 0 Å². The van der Waals surface area contributed by atoms with Crippen LogP contribution >= 0.6 is 0 Å². The van der Waals surface area contributed by atoms with Crippen molar-refractivity contribution in [2.24, 2.45) is 5.92 Å². The lowest BCUT2D eigenvalue weighted by Gasteiger charge is -2.28. The first-order valence-corrected chi connectivity index (χ1v) is 10.0. The van der Waals surface area contributed by atoms with Crippen LogP contribution in [0.25, 0.3) is 11.4 Å². The summed E-state index contributed by atoms with van der Waals surface area (Å²) in [4.78, 5) is 8.99. The maximum atomic E-state index is 12.2. The minimum atomic E-state index is -2.81. The molecule has 0 radical (unpaired) electrons. The Labute approximate surface area is 160 Å². The Bertz CT molecular complexity index is 680. The van der Waals surface area contributed by atoms with E-state index in [1.54, 1.807) is 12.1 Å². The number of benzene rings is 1. The van der Waals surface area contributed by atoms with Crippen LogP contribution in [0.2, 0.25) is 0 Å². The fraction of sp³-hybridized carbons (Fsp3) is 0.545. The highest BCUT2D eigenvalue weighted by Gasteiger charge is 2.22. The van der Waals surface area contributed by atoms with Gasteiger partial charge in [-0.2, -0.15) is 8.78 Å². The van der Waals surface area contributed by atoms with Crippen molar-refractivity contribution in [1.29, 1.82) is 0 Å². The first-order valence-electron chi connectivity index (χ1n) is 10.0. The Morgan fingerprint density at radius 2 is 1.67 bits per heavy atom. The number of unbranched alkanes of at least 4 members (excludes halogenated alkanes) is 2. The molecule has 1 fully saturated rings. The van der Waals surface area contributed by atoms with Gasteiger partial charge in [0.25, 0.3) is 0 Å². The lowest BCUT2D eigenvalue weighted by molar-refractivity contribution is -0.0498. The molecule has 0 saturated heterocycles. The van der Waals surface area contributed by atoms with E-state index in [2.05, 4.69) is 21.6 Å². The second-order valence-electron chi connectivity index (χ2n) is 7.46. The van der Waals surface area contributed by atoms with E-state index >= 15 is 0 Å². The zero-order valence-electron chi connectivity index (χ0n) is 15.9. The normalized spacial score (nSPS) is 20.0. The van der Waals surface area contributed by atoms with Gasteiger partial charge in [-0.15, -0.1) is 0 Å². The molecule has 1 aliphatic carbocycles. The molecule has 1 aromatic heterocycles. The summed E-state index contributed by atoms with van der Waals surface area (Å²) in [6, 6.07) is 6.43. The lowest BCUT2D eigenvalue weighted by atomic mass is 9.77. The van der Waals surface area contributed by atoms with Crippen LogP contribution in [0.1, 0.15) is 69.8 Å². The van der Waals surface area contributed by atoms with Gasteiger partial charge in [0.1, 0.15) is 5.75 Å². The number of aromatic nitrogens is 2. The number of alkyl halides is 2. The Hall–Kier alpha value is -2.04. The maximum Gasteiger partial charge on any atom is 0.387 e. The Morgan fingerprint density at radius 1 is 1.00 bits per heavy atom. The summed E-state index contributed by atoms with van der Waals surface area (Å²) >= 11 is 0. The first-order chi connectivity index (χ1) is 13.2. The molecule has 146 valence electrons. The molecular formula is C22H28F2N2O. The van der Waals surface area contributed by atoms with Gasteiger partial charge in [0.05, 0.1) is 0 Å². The zero-order valence-corrected chi connectivity index (χ0v) is 15.9. The van der Waals surface area contributed by atoms with Gasteiger partial charge in [-0.25, -0.2) is 9.97 Å². The highest BCUT2D eigenvalue weighted by molar-refractivity contribution is 5.56. The van der Waals surface area contributed by atoms with Gasteiger partial charge in [0, 0.05) is 18.0 Å². The van der Waals surface area contributed by atoms with E-state index in [1.165, 1.54) is 69.1 Å². The average Bonchev–Trinajstić information content (AvgIpc) is 2.69. The number of ether oxygens (including phenoxy) is 1. The number of hydrogen-bond donors (Lipinski definition) is 0. The van der Waals surface area contributed by atoms with E-state index in [0.717, 1.165) is 11.5 Å². The van der Waals surface area contributed by atoms with E-state index in [9.17, 15) is 8.78 Å². The van der Waals surface area contributed by atoms with Crippen LogP contribution < -0.4 is 4.74 Å². The van der Waals surface area contributed by atoms with E-state index in [-0.39, 0.29) is 5.75 Å². The van der Waals surface area contributed by atoms with Crippen molar-refractivity contribution in [3.8, 4) is 17.1 Å². The SMILES string of the molecule is CCCCCC1CCC(c2cnc(-c3ccc(OC(F)F)cc3)nc2)CC1. The molecule has 0 unspecified atom stereocenters. The van der Waals surface area contributed by atoms with Gasteiger partial charge in [-0.05, 0) is 67.3 Å². The van der Waals surface area contributed by atoms with Crippen molar-refractivity contribution >= 4 is 0 Å². The van der Waals surface area contributed by atoms with Gasteiger partial charge in [0.15, 0.2) is 5.82 Å². The highest BCUT2D eigenvalue weighted by Crippen LogP contribution is 2.37. The van der Waals surface area contributed by atoms with Crippen molar-refractivity contribution in [1.82, 2.24) is 9.97 Å². The number of hydrogen-bond acceptors (Lipinski definition) is 3. The van der Waals surface area contributed by atoms with E-state index in [0.29, 0.717) is 11.7 Å². The molecule has 5 heteroatoms. The molecule has 2 aromatic rings. The third kappa shape index (κ3) is 5.72. The Balaban J connectivity index is 1.55. The van der Waals surface area contributed by atoms with Crippen molar-refractivity contribution in [2.45, 2.75) is 70.8 Å². The Morgan fingerprint density at radius 3 is 2.26 bits per heavy atom. The molecule has 0 amide bonds. The quantitative estimate of drug-likeness (QED) is 0.488. The van der Waals surface area contributed by atoms with Crippen LogP contribution in [-0.2, 0) is 0 Å². The summed E-state index contributed by atoms with van der Waals surface area (Å²) in [7, 11) is 0. The van der Waals surface area contributed by atoms with E-state index in [1.807, 2.05) is 12.4 Å². The second kappa shape index (κ2) is 9.77. The molecule has 1 heterocycles. The topological polar surface area (TPSA) is 35.0 Å². The molecule has 0 bridgehead atoms. The largest absolute Gasteiger partial charge is 0.435 e. The minimum absolute atomic E-state index is 0.140. The lowest BCUT2D eigenvalue weighted by Crippen LogP contribution is -2.14.